The number of aliphatic hydroxyl groups is 1. The van der Waals surface area contributed by atoms with Gasteiger partial charge in [0.1, 0.15) is 0 Å². The van der Waals surface area contributed by atoms with Crippen LogP contribution in [0.2, 0.25) is 0 Å². The quantitative estimate of drug-likeness (QED) is 0.781. The Morgan fingerprint density at radius 1 is 1.37 bits per heavy atom. The summed E-state index contributed by atoms with van der Waals surface area (Å²) >= 11 is 0. The molecule has 2 N–H and O–H groups in total. The number of nitrogens with one attached hydrogen (secondary N) is 1. The molecule has 1 rings (SSSR count). The van der Waals surface area contributed by atoms with Crippen LogP contribution in [0.25, 0.3) is 0 Å². The van der Waals surface area contributed by atoms with E-state index in [4.69, 9.17) is 4.74 Å². The van der Waals surface area contributed by atoms with Crippen molar-refractivity contribution in [2.75, 3.05) is 20.3 Å². The summed E-state index contributed by atoms with van der Waals surface area (Å²) in [6.45, 7) is 4.38. The number of amides is 1. The van der Waals surface area contributed by atoms with E-state index in [0.29, 0.717) is 6.42 Å². The number of carbonyl (C=O) groups excluding carboxylic acids is 1. The summed E-state index contributed by atoms with van der Waals surface area (Å²) in [7, 11) is 1.52. The van der Waals surface area contributed by atoms with Crippen LogP contribution >= 0.6 is 0 Å². The minimum absolute atomic E-state index is 0.0456. The largest absolute Gasteiger partial charge is 0.389 e. The van der Waals surface area contributed by atoms with Crippen molar-refractivity contribution in [2.45, 2.75) is 26.4 Å². The maximum Gasteiger partial charge on any atom is 0.223 e. The fourth-order valence-corrected chi connectivity index (χ4v) is 1.81. The lowest BCUT2D eigenvalue weighted by atomic mass is 9.99. The number of methoxy groups -OCH3 is 1. The summed E-state index contributed by atoms with van der Waals surface area (Å²) in [4.78, 5) is 11.9. The molecule has 0 aliphatic carbocycles. The summed E-state index contributed by atoms with van der Waals surface area (Å²) in [6.07, 6.45) is 0.0486. The molecule has 19 heavy (non-hydrogen) atoms. The van der Waals surface area contributed by atoms with E-state index in [-0.39, 0.29) is 25.0 Å². The number of ether oxygens (including phenoxy) is 1. The third-order valence-corrected chi connectivity index (χ3v) is 2.98. The second-order valence-electron chi connectivity index (χ2n) is 4.95. The highest BCUT2D eigenvalue weighted by atomic mass is 16.5. The molecular formula is C15H23NO3. The van der Waals surface area contributed by atoms with E-state index in [1.165, 1.54) is 12.7 Å². The van der Waals surface area contributed by atoms with Gasteiger partial charge in [-0.15, -0.1) is 0 Å². The molecule has 0 bridgehead atoms. The molecule has 0 heterocycles. The fourth-order valence-electron chi connectivity index (χ4n) is 1.81. The number of rotatable bonds is 7. The number of carbonyl (C=O) groups is 1. The lowest BCUT2D eigenvalue weighted by Crippen LogP contribution is -2.37. The molecule has 106 valence electrons. The smallest absolute Gasteiger partial charge is 0.223 e. The first-order valence-electron chi connectivity index (χ1n) is 6.53. The number of hydrogen-bond donors (Lipinski definition) is 2. The summed E-state index contributed by atoms with van der Waals surface area (Å²) in [5.41, 5.74) is 2.36. The van der Waals surface area contributed by atoms with Crippen molar-refractivity contribution in [3.8, 4) is 0 Å². The van der Waals surface area contributed by atoms with E-state index < -0.39 is 6.10 Å². The van der Waals surface area contributed by atoms with Crippen LogP contribution in [-0.2, 0) is 16.0 Å². The number of aryl methyl sites for hydroxylation is 1. The van der Waals surface area contributed by atoms with E-state index in [9.17, 15) is 9.90 Å². The summed E-state index contributed by atoms with van der Waals surface area (Å²) in [5.74, 6) is -0.159. The van der Waals surface area contributed by atoms with Crippen LogP contribution in [0.4, 0.5) is 0 Å². The first-order valence-corrected chi connectivity index (χ1v) is 6.53. The summed E-state index contributed by atoms with van der Waals surface area (Å²) < 4.78 is 4.80. The zero-order valence-electron chi connectivity index (χ0n) is 11.8. The molecule has 0 aliphatic heterocycles. The fraction of sp³-hybridized carbons (Fsp3) is 0.533. The van der Waals surface area contributed by atoms with E-state index >= 15 is 0 Å². The van der Waals surface area contributed by atoms with Crippen molar-refractivity contribution < 1.29 is 14.6 Å². The standard InChI is InChI=1S/C15H23NO3/c1-11-4-6-13(7-5-11)8-12(2)15(18)16-9-14(17)10-19-3/h4-7,12,14,17H,8-10H2,1-3H3,(H,16,18). The molecule has 0 spiro atoms. The second kappa shape index (κ2) is 7.92. The van der Waals surface area contributed by atoms with Gasteiger partial charge in [0, 0.05) is 19.6 Å². The molecule has 1 amide bonds. The van der Waals surface area contributed by atoms with Gasteiger partial charge < -0.3 is 15.2 Å². The minimum atomic E-state index is -0.652. The van der Waals surface area contributed by atoms with Crippen molar-refractivity contribution in [1.82, 2.24) is 5.32 Å². The van der Waals surface area contributed by atoms with Crippen LogP contribution < -0.4 is 5.32 Å². The number of aliphatic hydroxyl groups excluding tert-OH is 1. The molecule has 0 aromatic heterocycles. The summed E-state index contributed by atoms with van der Waals surface area (Å²) in [5, 5.41) is 12.2. The highest BCUT2D eigenvalue weighted by Crippen LogP contribution is 2.10. The molecular weight excluding hydrogens is 242 g/mol. The predicted molar refractivity (Wildman–Crippen MR) is 74.9 cm³/mol. The van der Waals surface area contributed by atoms with Gasteiger partial charge >= 0.3 is 0 Å². The van der Waals surface area contributed by atoms with Crippen molar-refractivity contribution in [2.24, 2.45) is 5.92 Å². The van der Waals surface area contributed by atoms with E-state index in [1.54, 1.807) is 0 Å². The first kappa shape index (κ1) is 15.7. The van der Waals surface area contributed by atoms with Gasteiger partial charge in [0.05, 0.1) is 12.7 Å². The Labute approximate surface area is 114 Å². The zero-order chi connectivity index (χ0) is 14.3. The van der Waals surface area contributed by atoms with Gasteiger partial charge in [-0.3, -0.25) is 4.79 Å². The first-order chi connectivity index (χ1) is 9.02. The van der Waals surface area contributed by atoms with Crippen molar-refractivity contribution in [1.29, 1.82) is 0 Å². The van der Waals surface area contributed by atoms with Gasteiger partial charge in [-0.1, -0.05) is 36.8 Å². The lowest BCUT2D eigenvalue weighted by molar-refractivity contribution is -0.125. The van der Waals surface area contributed by atoms with Crippen LogP contribution in [0.5, 0.6) is 0 Å². The molecule has 2 unspecified atom stereocenters. The molecule has 4 nitrogen and oxygen atoms in total. The van der Waals surface area contributed by atoms with Crippen LogP contribution in [-0.4, -0.2) is 37.4 Å². The lowest BCUT2D eigenvalue weighted by Gasteiger charge is -2.15. The van der Waals surface area contributed by atoms with Gasteiger partial charge in [-0.2, -0.15) is 0 Å². The minimum Gasteiger partial charge on any atom is -0.389 e. The number of benzene rings is 1. The average Bonchev–Trinajstić information content (AvgIpc) is 2.39. The molecule has 1 aromatic rings. The van der Waals surface area contributed by atoms with Crippen LogP contribution in [0.15, 0.2) is 24.3 Å². The molecule has 0 saturated carbocycles. The SMILES string of the molecule is COCC(O)CNC(=O)C(C)Cc1ccc(C)cc1. The molecule has 0 radical (unpaired) electrons. The topological polar surface area (TPSA) is 58.6 Å². The Morgan fingerprint density at radius 2 is 2.00 bits per heavy atom. The van der Waals surface area contributed by atoms with Gasteiger partial charge in [0.25, 0.3) is 0 Å². The van der Waals surface area contributed by atoms with Crippen molar-refractivity contribution in [3.05, 3.63) is 35.4 Å². The van der Waals surface area contributed by atoms with Crippen LogP contribution in [0, 0.1) is 12.8 Å². The maximum atomic E-state index is 11.9. The maximum absolute atomic E-state index is 11.9. The van der Waals surface area contributed by atoms with Crippen LogP contribution in [0.1, 0.15) is 18.1 Å². The molecule has 2 atom stereocenters. The zero-order valence-corrected chi connectivity index (χ0v) is 11.8. The van der Waals surface area contributed by atoms with Crippen LogP contribution in [0.3, 0.4) is 0 Å². The highest BCUT2D eigenvalue weighted by molar-refractivity contribution is 5.78. The predicted octanol–water partition coefficient (Wildman–Crippen LogP) is 1.30. The average molecular weight is 265 g/mol. The van der Waals surface area contributed by atoms with Gasteiger partial charge in [0.15, 0.2) is 0 Å². The molecule has 4 heteroatoms. The van der Waals surface area contributed by atoms with Gasteiger partial charge in [0.2, 0.25) is 5.91 Å². The number of hydrogen-bond acceptors (Lipinski definition) is 3. The third-order valence-electron chi connectivity index (χ3n) is 2.98. The normalized spacial score (nSPS) is 13.9. The van der Waals surface area contributed by atoms with E-state index in [2.05, 4.69) is 5.32 Å². The Hall–Kier alpha value is -1.39. The monoisotopic (exact) mass is 265 g/mol. The Bertz CT molecular complexity index is 389. The van der Waals surface area contributed by atoms with Gasteiger partial charge in [-0.25, -0.2) is 0 Å². The highest BCUT2D eigenvalue weighted by Gasteiger charge is 2.14. The van der Waals surface area contributed by atoms with Crippen molar-refractivity contribution >= 4 is 5.91 Å². The van der Waals surface area contributed by atoms with E-state index in [1.807, 2.05) is 38.1 Å². The molecule has 0 aliphatic rings. The Balaban J connectivity index is 2.38. The Kier molecular flexibility index (Phi) is 6.53. The summed E-state index contributed by atoms with van der Waals surface area (Å²) in [6, 6.07) is 8.17. The molecule has 0 saturated heterocycles. The molecule has 1 aromatic carbocycles. The molecule has 0 fully saturated rings. The van der Waals surface area contributed by atoms with Crippen molar-refractivity contribution in [3.63, 3.8) is 0 Å². The third kappa shape index (κ3) is 5.85. The van der Waals surface area contributed by atoms with E-state index in [0.717, 1.165) is 5.56 Å². The van der Waals surface area contributed by atoms with Gasteiger partial charge in [-0.05, 0) is 18.9 Å². The second-order valence-corrected chi connectivity index (χ2v) is 4.95. The Morgan fingerprint density at radius 3 is 2.58 bits per heavy atom.